The van der Waals surface area contributed by atoms with E-state index in [0.29, 0.717) is 33.7 Å². The van der Waals surface area contributed by atoms with Crippen molar-refractivity contribution in [1.29, 1.82) is 0 Å². The third-order valence-electron chi connectivity index (χ3n) is 6.19. The summed E-state index contributed by atoms with van der Waals surface area (Å²) in [7, 11) is -3.41. The third kappa shape index (κ3) is 4.60. The normalized spacial score (nSPS) is 11.9. The van der Waals surface area contributed by atoms with Gasteiger partial charge in [-0.15, -0.1) is 0 Å². The molecule has 4 heterocycles. The summed E-state index contributed by atoms with van der Waals surface area (Å²) >= 11 is 0. The van der Waals surface area contributed by atoms with Crippen molar-refractivity contribution in [2.45, 2.75) is 6.54 Å². The Hall–Kier alpha value is -4.61. The molecule has 0 radical (unpaired) electrons. The first kappa shape index (κ1) is 23.8. The molecule has 0 fully saturated rings. The number of fused-ring (bicyclic) bond motifs is 2. The Labute approximate surface area is 217 Å². The largest absolute Gasteiger partial charge is 0.397 e. The lowest BCUT2D eigenvalue weighted by atomic mass is 9.99. The maximum atomic E-state index is 14.5. The summed E-state index contributed by atoms with van der Waals surface area (Å²) in [5.41, 5.74) is 13.6. The Morgan fingerprint density at radius 1 is 1.00 bits per heavy atom. The van der Waals surface area contributed by atoms with Gasteiger partial charge < -0.3 is 10.7 Å². The standard InChI is InChI=1S/C27H22FN7O2S/c1-38(36,37)31-12-15-7-16(9-18(28)8-15)20-3-2-4-23-21(20)11-25(32-23)27-26-24(34-35-27)6-5-22(33-26)17-10-19(29)14-30-13-17/h2-11,13-14,31-32H,12,29H2,1H3,(H,34,35). The number of pyridine rings is 2. The van der Waals surface area contributed by atoms with Gasteiger partial charge in [0.25, 0.3) is 0 Å². The SMILES string of the molecule is CS(=O)(=O)NCc1cc(F)cc(-c2cccc3[nH]c(-c4n[nH]c5ccc(-c6cncc(N)c6)nc45)cc23)c1. The van der Waals surface area contributed by atoms with Gasteiger partial charge in [-0.05, 0) is 65.2 Å². The van der Waals surface area contributed by atoms with E-state index in [0.717, 1.165) is 39.5 Å². The van der Waals surface area contributed by atoms with Crippen LogP contribution in [0.4, 0.5) is 10.1 Å². The monoisotopic (exact) mass is 527 g/mol. The number of hydrogen-bond donors (Lipinski definition) is 4. The molecule has 0 atom stereocenters. The van der Waals surface area contributed by atoms with E-state index in [1.165, 1.54) is 12.1 Å². The second-order valence-electron chi connectivity index (χ2n) is 9.06. The van der Waals surface area contributed by atoms with Crippen LogP contribution in [-0.4, -0.2) is 39.8 Å². The quantitative estimate of drug-likeness (QED) is 0.249. The fraction of sp³-hybridized carbons (Fsp3) is 0.0741. The van der Waals surface area contributed by atoms with E-state index in [9.17, 15) is 12.8 Å². The average molecular weight is 528 g/mol. The van der Waals surface area contributed by atoms with Gasteiger partial charge in [-0.25, -0.2) is 22.5 Å². The summed E-state index contributed by atoms with van der Waals surface area (Å²) in [5, 5.41) is 8.40. The van der Waals surface area contributed by atoms with Crippen LogP contribution in [0.1, 0.15) is 5.56 Å². The van der Waals surface area contributed by atoms with Crippen LogP contribution in [0.5, 0.6) is 0 Å². The summed E-state index contributed by atoms with van der Waals surface area (Å²) < 4.78 is 40.0. The first-order valence-electron chi connectivity index (χ1n) is 11.7. The van der Waals surface area contributed by atoms with Gasteiger partial charge in [0.1, 0.15) is 17.0 Å². The predicted octanol–water partition coefficient (Wildman–Crippen LogP) is 4.61. The highest BCUT2D eigenvalue weighted by Crippen LogP contribution is 2.35. The number of rotatable bonds is 6. The Kier molecular flexibility index (Phi) is 5.66. The average Bonchev–Trinajstić information content (AvgIpc) is 3.50. The Balaban J connectivity index is 1.43. The molecule has 11 heteroatoms. The maximum Gasteiger partial charge on any atom is 0.209 e. The number of benzene rings is 2. The van der Waals surface area contributed by atoms with E-state index in [1.54, 1.807) is 18.5 Å². The number of nitrogens with two attached hydrogens (primary N) is 1. The lowest BCUT2D eigenvalue weighted by Crippen LogP contribution is -2.21. The number of H-pyrrole nitrogens is 2. The Bertz CT molecular complexity index is 1950. The van der Waals surface area contributed by atoms with E-state index in [4.69, 9.17) is 10.7 Å². The minimum atomic E-state index is -3.41. The molecule has 0 aliphatic heterocycles. The van der Waals surface area contributed by atoms with Crippen LogP contribution in [0.25, 0.3) is 55.7 Å². The number of nitrogens with zero attached hydrogens (tertiary/aromatic N) is 3. The highest BCUT2D eigenvalue weighted by atomic mass is 32.2. The number of nitrogens with one attached hydrogen (secondary N) is 3. The Morgan fingerprint density at radius 3 is 2.68 bits per heavy atom. The number of aromatic nitrogens is 5. The summed E-state index contributed by atoms with van der Waals surface area (Å²) in [6.07, 6.45) is 4.35. The van der Waals surface area contributed by atoms with Gasteiger partial charge in [0.2, 0.25) is 10.0 Å². The second kappa shape index (κ2) is 9.05. The molecule has 0 spiro atoms. The van der Waals surface area contributed by atoms with Gasteiger partial charge in [-0.3, -0.25) is 10.1 Å². The summed E-state index contributed by atoms with van der Waals surface area (Å²) in [6, 6.07) is 17.8. The molecule has 190 valence electrons. The van der Waals surface area contributed by atoms with E-state index in [-0.39, 0.29) is 6.54 Å². The molecule has 6 aromatic rings. The minimum absolute atomic E-state index is 0.00615. The van der Waals surface area contributed by atoms with Crippen molar-refractivity contribution in [3.63, 3.8) is 0 Å². The van der Waals surface area contributed by atoms with Gasteiger partial charge in [-0.2, -0.15) is 5.10 Å². The van der Waals surface area contributed by atoms with Crippen molar-refractivity contribution in [2.75, 3.05) is 12.0 Å². The maximum absolute atomic E-state index is 14.5. The molecular weight excluding hydrogens is 505 g/mol. The molecule has 4 aromatic heterocycles. The van der Waals surface area contributed by atoms with Crippen LogP contribution in [0.2, 0.25) is 0 Å². The zero-order chi connectivity index (χ0) is 26.4. The molecule has 0 aliphatic rings. The first-order chi connectivity index (χ1) is 18.2. The number of halogens is 1. The molecule has 0 bridgehead atoms. The number of anilines is 1. The number of nitrogen functional groups attached to an aromatic ring is 1. The molecule has 6 rings (SSSR count). The Morgan fingerprint density at radius 2 is 1.87 bits per heavy atom. The van der Waals surface area contributed by atoms with Gasteiger partial charge in [0.05, 0.1) is 28.8 Å². The van der Waals surface area contributed by atoms with E-state index >= 15 is 0 Å². The van der Waals surface area contributed by atoms with Crippen LogP contribution < -0.4 is 10.5 Å². The number of aromatic amines is 2. The molecular formula is C27H22FN7O2S. The number of sulfonamides is 1. The molecule has 9 nitrogen and oxygen atoms in total. The fourth-order valence-electron chi connectivity index (χ4n) is 4.50. The third-order valence-corrected chi connectivity index (χ3v) is 6.86. The van der Waals surface area contributed by atoms with Crippen LogP contribution in [-0.2, 0) is 16.6 Å². The minimum Gasteiger partial charge on any atom is -0.397 e. The van der Waals surface area contributed by atoms with E-state index in [2.05, 4.69) is 24.9 Å². The lowest BCUT2D eigenvalue weighted by molar-refractivity contribution is 0.586. The lowest BCUT2D eigenvalue weighted by Gasteiger charge is -2.08. The highest BCUT2D eigenvalue weighted by Gasteiger charge is 2.16. The second-order valence-corrected chi connectivity index (χ2v) is 10.9. The smallest absolute Gasteiger partial charge is 0.209 e. The van der Waals surface area contributed by atoms with Crippen LogP contribution in [0.3, 0.4) is 0 Å². The van der Waals surface area contributed by atoms with E-state index in [1.807, 2.05) is 42.5 Å². The zero-order valence-electron chi connectivity index (χ0n) is 20.2. The van der Waals surface area contributed by atoms with Crippen molar-refractivity contribution in [3.8, 4) is 33.8 Å². The highest BCUT2D eigenvalue weighted by molar-refractivity contribution is 7.88. The molecule has 0 saturated heterocycles. The fourth-order valence-corrected chi connectivity index (χ4v) is 4.93. The topological polar surface area (TPSA) is 142 Å². The number of hydrogen-bond acceptors (Lipinski definition) is 6. The molecule has 0 unspecified atom stereocenters. The predicted molar refractivity (Wildman–Crippen MR) is 146 cm³/mol. The van der Waals surface area contributed by atoms with Gasteiger partial charge in [0, 0.05) is 35.4 Å². The van der Waals surface area contributed by atoms with Crippen molar-refractivity contribution < 1.29 is 12.8 Å². The van der Waals surface area contributed by atoms with Crippen LogP contribution in [0.15, 0.2) is 73.1 Å². The molecule has 2 aromatic carbocycles. The van der Waals surface area contributed by atoms with Gasteiger partial charge in [-0.1, -0.05) is 12.1 Å². The molecule has 0 saturated carbocycles. The molecule has 38 heavy (non-hydrogen) atoms. The zero-order valence-corrected chi connectivity index (χ0v) is 21.0. The van der Waals surface area contributed by atoms with E-state index < -0.39 is 15.8 Å². The first-order valence-corrected chi connectivity index (χ1v) is 13.6. The summed E-state index contributed by atoms with van der Waals surface area (Å²) in [5.74, 6) is -0.452. The van der Waals surface area contributed by atoms with Gasteiger partial charge in [0.15, 0.2) is 0 Å². The van der Waals surface area contributed by atoms with Crippen molar-refractivity contribution in [2.24, 2.45) is 0 Å². The van der Waals surface area contributed by atoms with Crippen LogP contribution >= 0.6 is 0 Å². The molecule has 0 aliphatic carbocycles. The van der Waals surface area contributed by atoms with Crippen molar-refractivity contribution >= 4 is 37.6 Å². The van der Waals surface area contributed by atoms with Crippen molar-refractivity contribution in [1.82, 2.24) is 29.9 Å². The van der Waals surface area contributed by atoms with Crippen molar-refractivity contribution in [3.05, 3.63) is 84.4 Å². The van der Waals surface area contributed by atoms with Crippen LogP contribution in [0, 0.1) is 5.82 Å². The molecule has 0 amide bonds. The summed E-state index contributed by atoms with van der Waals surface area (Å²) in [4.78, 5) is 12.4. The molecule has 5 N–H and O–H groups in total. The summed E-state index contributed by atoms with van der Waals surface area (Å²) in [6.45, 7) is -0.00615. The van der Waals surface area contributed by atoms with Gasteiger partial charge >= 0.3 is 0 Å².